The average molecular weight is 349 g/mol. The first-order chi connectivity index (χ1) is 11.5. The number of hydrogen-bond donors (Lipinski definition) is 0. The summed E-state index contributed by atoms with van der Waals surface area (Å²) in [4.78, 5) is 42.8. The van der Waals surface area contributed by atoms with Crippen molar-refractivity contribution >= 4 is 29.1 Å². The van der Waals surface area contributed by atoms with E-state index in [1.54, 1.807) is 14.7 Å². The Bertz CT molecular complexity index is 629. The molecule has 0 saturated carbocycles. The van der Waals surface area contributed by atoms with Gasteiger partial charge in [-0.3, -0.25) is 14.4 Å². The van der Waals surface area contributed by atoms with Crippen LogP contribution in [0.2, 0.25) is 0 Å². The third-order valence-electron chi connectivity index (χ3n) is 4.54. The minimum absolute atomic E-state index is 0.00918. The van der Waals surface area contributed by atoms with Gasteiger partial charge in [0.2, 0.25) is 11.8 Å². The first kappa shape index (κ1) is 17.0. The Labute approximate surface area is 146 Å². The largest absolute Gasteiger partial charge is 0.337 e. The van der Waals surface area contributed by atoms with Gasteiger partial charge in [0.1, 0.15) is 6.04 Å². The van der Waals surface area contributed by atoms with Crippen molar-refractivity contribution in [1.29, 1.82) is 0 Å². The molecule has 0 aliphatic carbocycles. The normalized spacial score (nSPS) is 22.0. The average Bonchev–Trinajstić information content (AvgIpc) is 2.97. The summed E-state index contributed by atoms with van der Waals surface area (Å²) in [5.41, 5.74) is 0.680. The molecule has 3 rings (SSSR count). The molecule has 1 atom stereocenters. The Kier molecular flexibility index (Phi) is 4.89. The highest BCUT2D eigenvalue weighted by Crippen LogP contribution is 2.21. The smallest absolute Gasteiger partial charge is 0.254 e. The highest BCUT2D eigenvalue weighted by atomic mass is 32.1. The van der Waals surface area contributed by atoms with Crippen LogP contribution in [-0.4, -0.2) is 71.2 Å². The molecular formula is C17H23N3O3S. The first-order valence-corrected chi connectivity index (χ1v) is 9.31. The molecule has 130 valence electrons. The van der Waals surface area contributed by atoms with E-state index in [1.165, 1.54) is 11.3 Å². The van der Waals surface area contributed by atoms with Gasteiger partial charge in [0, 0.05) is 31.6 Å². The van der Waals surface area contributed by atoms with E-state index < -0.39 is 6.04 Å². The summed E-state index contributed by atoms with van der Waals surface area (Å²) in [7, 11) is 0. The molecule has 24 heavy (non-hydrogen) atoms. The molecule has 3 amide bonds. The SMILES string of the molecule is CC(C)CN1CC(=O)N2CCN(C(=O)c3ccsc3)CCC2C1=O. The standard InChI is InChI=1S/C17H23N3O3S/c1-12(2)9-19-10-15(21)20-7-6-18(5-3-14(20)17(19)23)16(22)13-4-8-24-11-13/h4,8,11-12,14H,3,5-7,9-10H2,1-2H3. The van der Waals surface area contributed by atoms with Gasteiger partial charge in [0.15, 0.2) is 0 Å². The van der Waals surface area contributed by atoms with E-state index in [9.17, 15) is 14.4 Å². The van der Waals surface area contributed by atoms with Crippen LogP contribution < -0.4 is 0 Å². The number of fused-ring (bicyclic) bond motifs is 1. The Hall–Kier alpha value is -1.89. The number of piperazine rings is 1. The van der Waals surface area contributed by atoms with Crippen molar-refractivity contribution < 1.29 is 14.4 Å². The summed E-state index contributed by atoms with van der Waals surface area (Å²) in [5, 5.41) is 3.71. The van der Waals surface area contributed by atoms with Gasteiger partial charge in [-0.15, -0.1) is 0 Å². The molecular weight excluding hydrogens is 326 g/mol. The van der Waals surface area contributed by atoms with Crippen LogP contribution in [0.3, 0.4) is 0 Å². The van der Waals surface area contributed by atoms with Crippen LogP contribution in [0, 0.1) is 5.92 Å². The van der Waals surface area contributed by atoms with Gasteiger partial charge < -0.3 is 14.7 Å². The first-order valence-electron chi connectivity index (χ1n) is 8.37. The lowest BCUT2D eigenvalue weighted by Crippen LogP contribution is -2.60. The maximum atomic E-state index is 12.7. The summed E-state index contributed by atoms with van der Waals surface area (Å²) in [6, 6.07) is 1.39. The second kappa shape index (κ2) is 6.93. The molecule has 0 spiro atoms. The number of rotatable bonds is 3. The second-order valence-electron chi connectivity index (χ2n) is 6.81. The van der Waals surface area contributed by atoms with E-state index in [-0.39, 0.29) is 24.3 Å². The number of nitrogens with zero attached hydrogens (tertiary/aromatic N) is 3. The molecule has 3 heterocycles. The lowest BCUT2D eigenvalue weighted by Gasteiger charge is -2.39. The monoisotopic (exact) mass is 349 g/mol. The minimum Gasteiger partial charge on any atom is -0.337 e. The van der Waals surface area contributed by atoms with Gasteiger partial charge in [0.25, 0.3) is 5.91 Å². The zero-order chi connectivity index (χ0) is 17.3. The van der Waals surface area contributed by atoms with Gasteiger partial charge in [0.05, 0.1) is 12.1 Å². The van der Waals surface area contributed by atoms with E-state index >= 15 is 0 Å². The van der Waals surface area contributed by atoms with Crippen molar-refractivity contribution in [3.63, 3.8) is 0 Å². The number of amides is 3. The highest BCUT2D eigenvalue weighted by molar-refractivity contribution is 7.08. The molecule has 1 aromatic rings. The van der Waals surface area contributed by atoms with E-state index in [0.29, 0.717) is 44.1 Å². The zero-order valence-corrected chi connectivity index (χ0v) is 14.9. The Morgan fingerprint density at radius 2 is 2.08 bits per heavy atom. The molecule has 2 aliphatic heterocycles. The molecule has 2 aliphatic rings. The van der Waals surface area contributed by atoms with Crippen LogP contribution in [0.15, 0.2) is 16.8 Å². The third kappa shape index (κ3) is 3.31. The van der Waals surface area contributed by atoms with Crippen molar-refractivity contribution in [2.75, 3.05) is 32.7 Å². The fraction of sp³-hybridized carbons (Fsp3) is 0.588. The van der Waals surface area contributed by atoms with Gasteiger partial charge in [-0.1, -0.05) is 13.8 Å². The molecule has 0 N–H and O–H groups in total. The summed E-state index contributed by atoms with van der Waals surface area (Å²) in [6.07, 6.45) is 0.509. The van der Waals surface area contributed by atoms with Crippen LogP contribution >= 0.6 is 11.3 Å². The van der Waals surface area contributed by atoms with E-state index in [1.807, 2.05) is 30.7 Å². The predicted molar refractivity (Wildman–Crippen MR) is 91.8 cm³/mol. The predicted octanol–water partition coefficient (Wildman–Crippen LogP) is 1.29. The fourth-order valence-electron chi connectivity index (χ4n) is 3.40. The number of thiophene rings is 1. The van der Waals surface area contributed by atoms with Crippen LogP contribution in [-0.2, 0) is 9.59 Å². The van der Waals surface area contributed by atoms with Gasteiger partial charge >= 0.3 is 0 Å². The van der Waals surface area contributed by atoms with Gasteiger partial charge in [-0.05, 0) is 23.8 Å². The van der Waals surface area contributed by atoms with Crippen LogP contribution in [0.4, 0.5) is 0 Å². The summed E-state index contributed by atoms with van der Waals surface area (Å²) >= 11 is 1.49. The highest BCUT2D eigenvalue weighted by Gasteiger charge is 2.41. The maximum Gasteiger partial charge on any atom is 0.254 e. The molecule has 6 nitrogen and oxygen atoms in total. The molecule has 0 bridgehead atoms. The summed E-state index contributed by atoms with van der Waals surface area (Å²) in [6.45, 7) is 6.26. The van der Waals surface area contributed by atoms with Crippen LogP contribution in [0.25, 0.3) is 0 Å². The number of carbonyl (C=O) groups is 3. The van der Waals surface area contributed by atoms with Crippen molar-refractivity contribution in [2.45, 2.75) is 26.3 Å². The minimum atomic E-state index is -0.426. The van der Waals surface area contributed by atoms with Crippen LogP contribution in [0.5, 0.6) is 0 Å². The molecule has 2 saturated heterocycles. The third-order valence-corrected chi connectivity index (χ3v) is 5.23. The molecule has 1 aromatic heterocycles. The second-order valence-corrected chi connectivity index (χ2v) is 7.59. The van der Waals surface area contributed by atoms with E-state index in [2.05, 4.69) is 0 Å². The quantitative estimate of drug-likeness (QED) is 0.826. The molecule has 7 heteroatoms. The molecule has 0 radical (unpaired) electrons. The number of hydrogen-bond acceptors (Lipinski definition) is 4. The van der Waals surface area contributed by atoms with Crippen molar-refractivity contribution in [2.24, 2.45) is 5.92 Å². The summed E-state index contributed by atoms with van der Waals surface area (Å²) < 4.78 is 0. The molecule has 0 aromatic carbocycles. The van der Waals surface area contributed by atoms with E-state index in [0.717, 1.165) is 0 Å². The maximum absolute atomic E-state index is 12.7. The lowest BCUT2D eigenvalue weighted by atomic mass is 10.1. The zero-order valence-electron chi connectivity index (χ0n) is 14.1. The Balaban J connectivity index is 1.72. The van der Waals surface area contributed by atoms with Crippen LogP contribution in [0.1, 0.15) is 30.6 Å². The Morgan fingerprint density at radius 1 is 1.29 bits per heavy atom. The fourth-order valence-corrected chi connectivity index (χ4v) is 4.02. The van der Waals surface area contributed by atoms with Crippen molar-refractivity contribution in [3.05, 3.63) is 22.4 Å². The number of carbonyl (C=O) groups excluding carboxylic acids is 3. The van der Waals surface area contributed by atoms with Gasteiger partial charge in [-0.25, -0.2) is 0 Å². The van der Waals surface area contributed by atoms with E-state index in [4.69, 9.17) is 0 Å². The Morgan fingerprint density at radius 3 is 2.75 bits per heavy atom. The van der Waals surface area contributed by atoms with Gasteiger partial charge in [-0.2, -0.15) is 11.3 Å². The molecule has 1 unspecified atom stereocenters. The van der Waals surface area contributed by atoms with Crippen molar-refractivity contribution in [3.8, 4) is 0 Å². The molecule has 2 fully saturated rings. The topological polar surface area (TPSA) is 60.9 Å². The van der Waals surface area contributed by atoms with Crippen molar-refractivity contribution in [1.82, 2.24) is 14.7 Å². The lowest BCUT2D eigenvalue weighted by molar-refractivity contribution is -0.156. The summed E-state index contributed by atoms with van der Waals surface area (Å²) in [5.74, 6) is 0.323.